The third-order valence-electron chi connectivity index (χ3n) is 2.44. The van der Waals surface area contributed by atoms with E-state index >= 15 is 0 Å². The molecule has 0 radical (unpaired) electrons. The summed E-state index contributed by atoms with van der Waals surface area (Å²) in [6.45, 7) is 5.02. The summed E-state index contributed by atoms with van der Waals surface area (Å²) in [6.07, 6.45) is 0. The molecule has 1 aromatic carbocycles. The Bertz CT molecular complexity index is 407. The van der Waals surface area contributed by atoms with Crippen LogP contribution in [0.25, 0.3) is 0 Å². The highest BCUT2D eigenvalue weighted by Crippen LogP contribution is 2.20. The molecular weight excluding hydrogens is 230 g/mol. The molecule has 5 nitrogen and oxygen atoms in total. The highest BCUT2D eigenvalue weighted by Gasteiger charge is 2.12. The Balaban J connectivity index is 2.92. The zero-order valence-corrected chi connectivity index (χ0v) is 11.1. The number of nitrogens with two attached hydrogens (primary N) is 1. The van der Waals surface area contributed by atoms with E-state index in [4.69, 9.17) is 10.5 Å². The molecule has 1 aromatic rings. The summed E-state index contributed by atoms with van der Waals surface area (Å²) in [5.74, 6) is -0.107. The largest absolute Gasteiger partial charge is 0.399 e. The number of nitrogen functional groups attached to an aromatic ring is 1. The molecule has 1 amide bonds. The molecule has 4 N–H and O–H groups in total. The zero-order valence-electron chi connectivity index (χ0n) is 11.1. The first kappa shape index (κ1) is 14.3. The normalized spacial score (nSPS) is 11.9. The van der Waals surface area contributed by atoms with E-state index < -0.39 is 0 Å². The number of carbonyl (C=O) groups is 1. The minimum absolute atomic E-state index is 0.102. The van der Waals surface area contributed by atoms with Crippen LogP contribution in [0, 0.1) is 0 Å². The lowest BCUT2D eigenvalue weighted by molar-refractivity contribution is 0.0956. The predicted molar refractivity (Wildman–Crippen MR) is 73.8 cm³/mol. The quantitative estimate of drug-likeness (QED) is 0.669. The molecular formula is C13H21N3O2. The van der Waals surface area contributed by atoms with Crippen LogP contribution in [0.4, 0.5) is 11.4 Å². The van der Waals surface area contributed by atoms with Gasteiger partial charge in [0.2, 0.25) is 0 Å². The molecule has 1 atom stereocenters. The number of ether oxygens (including phenoxy) is 1. The van der Waals surface area contributed by atoms with Gasteiger partial charge in [0.15, 0.2) is 0 Å². The Morgan fingerprint density at radius 2 is 2.22 bits per heavy atom. The van der Waals surface area contributed by atoms with Gasteiger partial charge in [0.05, 0.1) is 12.2 Å². The van der Waals surface area contributed by atoms with Crippen LogP contribution >= 0.6 is 0 Å². The van der Waals surface area contributed by atoms with Crippen LogP contribution in [0.5, 0.6) is 0 Å². The van der Waals surface area contributed by atoms with Crippen LogP contribution in [0.3, 0.4) is 0 Å². The number of nitrogens with one attached hydrogen (secondary N) is 2. The maximum absolute atomic E-state index is 11.9. The molecule has 1 unspecified atom stereocenters. The highest BCUT2D eigenvalue weighted by molar-refractivity contribution is 6.00. The van der Waals surface area contributed by atoms with Crippen LogP contribution in [0.2, 0.25) is 0 Å². The maximum atomic E-state index is 11.9. The van der Waals surface area contributed by atoms with Gasteiger partial charge >= 0.3 is 0 Å². The van der Waals surface area contributed by atoms with Gasteiger partial charge in [-0.25, -0.2) is 0 Å². The molecule has 0 aliphatic rings. The molecule has 5 heteroatoms. The number of amides is 1. The average molecular weight is 251 g/mol. The number of methoxy groups -OCH3 is 1. The van der Waals surface area contributed by atoms with Crippen molar-refractivity contribution in [2.45, 2.75) is 19.9 Å². The summed E-state index contributed by atoms with van der Waals surface area (Å²) in [4.78, 5) is 11.9. The summed E-state index contributed by atoms with van der Waals surface area (Å²) in [6, 6.07) is 5.31. The van der Waals surface area contributed by atoms with Crippen molar-refractivity contribution in [1.29, 1.82) is 0 Å². The van der Waals surface area contributed by atoms with Crippen molar-refractivity contribution in [3.8, 4) is 0 Å². The lowest BCUT2D eigenvalue weighted by Gasteiger charge is -2.17. The Kier molecular flexibility index (Phi) is 5.45. The number of rotatable bonds is 6. The molecule has 0 aromatic heterocycles. The summed E-state index contributed by atoms with van der Waals surface area (Å²) >= 11 is 0. The fraction of sp³-hybridized carbons (Fsp3) is 0.462. The SMILES string of the molecule is CCNC(=O)c1ccc(N)cc1NC(C)COC. The van der Waals surface area contributed by atoms with Crippen molar-refractivity contribution in [3.63, 3.8) is 0 Å². The molecule has 0 saturated carbocycles. The molecule has 0 aliphatic carbocycles. The Morgan fingerprint density at radius 3 is 2.83 bits per heavy atom. The monoisotopic (exact) mass is 251 g/mol. The first-order valence-electron chi connectivity index (χ1n) is 6.01. The van der Waals surface area contributed by atoms with E-state index in [1.54, 1.807) is 25.3 Å². The van der Waals surface area contributed by atoms with E-state index in [1.807, 2.05) is 13.8 Å². The van der Waals surface area contributed by atoms with E-state index in [-0.39, 0.29) is 11.9 Å². The number of carbonyl (C=O) groups excluding carboxylic acids is 1. The molecule has 0 spiro atoms. The predicted octanol–water partition coefficient (Wildman–Crippen LogP) is 1.47. The van der Waals surface area contributed by atoms with Crippen molar-refractivity contribution in [2.75, 3.05) is 31.3 Å². The average Bonchev–Trinajstić information content (AvgIpc) is 2.29. The Morgan fingerprint density at radius 1 is 1.50 bits per heavy atom. The third kappa shape index (κ3) is 3.92. The molecule has 0 fully saturated rings. The first-order chi connectivity index (χ1) is 8.58. The molecule has 0 heterocycles. The van der Waals surface area contributed by atoms with Crippen molar-refractivity contribution < 1.29 is 9.53 Å². The maximum Gasteiger partial charge on any atom is 0.253 e. The fourth-order valence-corrected chi connectivity index (χ4v) is 1.69. The second-order valence-electron chi connectivity index (χ2n) is 4.17. The van der Waals surface area contributed by atoms with Crippen LogP contribution < -0.4 is 16.4 Å². The summed E-state index contributed by atoms with van der Waals surface area (Å²) in [5.41, 5.74) is 7.69. The van der Waals surface area contributed by atoms with E-state index in [1.165, 1.54) is 0 Å². The van der Waals surface area contributed by atoms with E-state index in [2.05, 4.69) is 10.6 Å². The summed E-state index contributed by atoms with van der Waals surface area (Å²) in [5, 5.41) is 6.00. The summed E-state index contributed by atoms with van der Waals surface area (Å²) in [7, 11) is 1.64. The number of benzene rings is 1. The molecule has 100 valence electrons. The minimum Gasteiger partial charge on any atom is -0.399 e. The van der Waals surface area contributed by atoms with E-state index in [0.717, 1.165) is 5.69 Å². The van der Waals surface area contributed by atoms with Crippen LogP contribution in [-0.4, -0.2) is 32.2 Å². The van der Waals surface area contributed by atoms with Crippen molar-refractivity contribution in [2.24, 2.45) is 0 Å². The third-order valence-corrected chi connectivity index (χ3v) is 2.44. The molecule has 1 rings (SSSR count). The smallest absolute Gasteiger partial charge is 0.253 e. The van der Waals surface area contributed by atoms with Gasteiger partial charge in [0.1, 0.15) is 0 Å². The van der Waals surface area contributed by atoms with Gasteiger partial charge in [-0.15, -0.1) is 0 Å². The topological polar surface area (TPSA) is 76.4 Å². The van der Waals surface area contributed by atoms with Crippen molar-refractivity contribution in [3.05, 3.63) is 23.8 Å². The molecule has 0 bridgehead atoms. The van der Waals surface area contributed by atoms with E-state index in [0.29, 0.717) is 24.4 Å². The number of hydrogen-bond donors (Lipinski definition) is 3. The van der Waals surface area contributed by atoms with Gasteiger partial charge < -0.3 is 21.1 Å². The fourth-order valence-electron chi connectivity index (χ4n) is 1.69. The van der Waals surface area contributed by atoms with Gasteiger partial charge in [-0.1, -0.05) is 0 Å². The van der Waals surface area contributed by atoms with Gasteiger partial charge in [-0.05, 0) is 32.0 Å². The van der Waals surface area contributed by atoms with Gasteiger partial charge in [-0.2, -0.15) is 0 Å². The lowest BCUT2D eigenvalue weighted by atomic mass is 10.1. The number of hydrogen-bond acceptors (Lipinski definition) is 4. The summed E-state index contributed by atoms with van der Waals surface area (Å²) < 4.78 is 5.06. The lowest BCUT2D eigenvalue weighted by Crippen LogP contribution is -2.26. The Hall–Kier alpha value is -1.75. The van der Waals surface area contributed by atoms with Crippen LogP contribution in [0.1, 0.15) is 24.2 Å². The van der Waals surface area contributed by atoms with Crippen molar-refractivity contribution in [1.82, 2.24) is 5.32 Å². The van der Waals surface area contributed by atoms with Crippen molar-refractivity contribution >= 4 is 17.3 Å². The highest BCUT2D eigenvalue weighted by atomic mass is 16.5. The first-order valence-corrected chi connectivity index (χ1v) is 6.01. The standard InChI is InChI=1S/C13H21N3O2/c1-4-15-13(17)11-6-5-10(14)7-12(11)16-9(2)8-18-3/h5-7,9,16H,4,8,14H2,1-3H3,(H,15,17). The number of anilines is 2. The second-order valence-corrected chi connectivity index (χ2v) is 4.17. The van der Waals surface area contributed by atoms with Crippen LogP contribution in [-0.2, 0) is 4.74 Å². The van der Waals surface area contributed by atoms with Gasteiger partial charge in [0.25, 0.3) is 5.91 Å². The van der Waals surface area contributed by atoms with Gasteiger partial charge in [-0.3, -0.25) is 4.79 Å². The molecule has 0 aliphatic heterocycles. The minimum atomic E-state index is -0.107. The zero-order chi connectivity index (χ0) is 13.5. The second kappa shape index (κ2) is 6.86. The molecule has 18 heavy (non-hydrogen) atoms. The van der Waals surface area contributed by atoms with Crippen LogP contribution in [0.15, 0.2) is 18.2 Å². The van der Waals surface area contributed by atoms with Gasteiger partial charge in [0, 0.05) is 31.1 Å². The van der Waals surface area contributed by atoms with E-state index in [9.17, 15) is 4.79 Å². The Labute approximate surface area is 108 Å². The molecule has 0 saturated heterocycles.